The summed E-state index contributed by atoms with van der Waals surface area (Å²) in [5.74, 6) is -0.526. The van der Waals surface area contributed by atoms with Crippen molar-refractivity contribution in [2.24, 2.45) is 5.92 Å². The molecule has 1 atom stereocenters. The van der Waals surface area contributed by atoms with E-state index in [0.29, 0.717) is 18.7 Å². The first-order valence-electron chi connectivity index (χ1n) is 6.61. The zero-order valence-electron chi connectivity index (χ0n) is 11.8. The summed E-state index contributed by atoms with van der Waals surface area (Å²) < 4.78 is 0. The number of hydrogen-bond donors (Lipinski definition) is 2. The van der Waals surface area contributed by atoms with Gasteiger partial charge >= 0.3 is 5.97 Å². The van der Waals surface area contributed by atoms with Gasteiger partial charge in [0, 0.05) is 19.0 Å². The number of nitro benzene ring substituents is 1. The summed E-state index contributed by atoms with van der Waals surface area (Å²) in [4.78, 5) is 21.0. The fourth-order valence-corrected chi connectivity index (χ4v) is 1.91. The summed E-state index contributed by atoms with van der Waals surface area (Å²) in [6, 6.07) is 5.06. The van der Waals surface area contributed by atoms with Crippen LogP contribution in [-0.2, 0) is 4.79 Å². The monoisotopic (exact) mass is 280 g/mol. The lowest BCUT2D eigenvalue weighted by Gasteiger charge is -2.12. The first-order chi connectivity index (χ1) is 9.40. The first-order valence-corrected chi connectivity index (χ1v) is 6.61. The third-order valence-corrected chi connectivity index (χ3v) is 3.15. The van der Waals surface area contributed by atoms with E-state index in [-0.39, 0.29) is 18.0 Å². The minimum atomic E-state index is -0.793. The van der Waals surface area contributed by atoms with Crippen LogP contribution >= 0.6 is 0 Å². The Bertz CT molecular complexity index is 488. The summed E-state index contributed by atoms with van der Waals surface area (Å²) in [6.07, 6.45) is 1.55. The average molecular weight is 280 g/mol. The van der Waals surface area contributed by atoms with Crippen molar-refractivity contribution >= 4 is 17.3 Å². The van der Waals surface area contributed by atoms with Gasteiger partial charge in [-0.15, -0.1) is 0 Å². The van der Waals surface area contributed by atoms with Crippen LogP contribution in [-0.4, -0.2) is 22.5 Å². The molecule has 0 saturated heterocycles. The molecular weight excluding hydrogens is 260 g/mol. The van der Waals surface area contributed by atoms with E-state index in [1.54, 1.807) is 6.07 Å². The molecule has 0 amide bonds. The van der Waals surface area contributed by atoms with Gasteiger partial charge in [0.1, 0.15) is 5.69 Å². The Balaban J connectivity index is 2.49. The van der Waals surface area contributed by atoms with Crippen LogP contribution in [0.3, 0.4) is 0 Å². The fourth-order valence-electron chi connectivity index (χ4n) is 1.91. The zero-order valence-corrected chi connectivity index (χ0v) is 11.8. The molecule has 0 fully saturated rings. The van der Waals surface area contributed by atoms with E-state index in [4.69, 9.17) is 5.11 Å². The van der Waals surface area contributed by atoms with E-state index in [1.165, 1.54) is 6.07 Å². The molecule has 1 rings (SSSR count). The van der Waals surface area contributed by atoms with Crippen LogP contribution < -0.4 is 5.32 Å². The van der Waals surface area contributed by atoms with Gasteiger partial charge in [0.15, 0.2) is 0 Å². The SMILES string of the molecule is Cc1ccc(NCCC(C)CCC(=O)O)c([N+](=O)[O-])c1. The van der Waals surface area contributed by atoms with Crippen molar-refractivity contribution in [3.8, 4) is 0 Å². The molecule has 0 radical (unpaired) electrons. The predicted octanol–water partition coefficient (Wildman–Crippen LogP) is 3.21. The van der Waals surface area contributed by atoms with Crippen molar-refractivity contribution in [2.75, 3.05) is 11.9 Å². The number of anilines is 1. The van der Waals surface area contributed by atoms with E-state index in [9.17, 15) is 14.9 Å². The van der Waals surface area contributed by atoms with Gasteiger partial charge in [-0.2, -0.15) is 0 Å². The molecule has 0 aliphatic rings. The van der Waals surface area contributed by atoms with E-state index >= 15 is 0 Å². The smallest absolute Gasteiger partial charge is 0.303 e. The highest BCUT2D eigenvalue weighted by atomic mass is 16.6. The normalized spacial score (nSPS) is 11.9. The zero-order chi connectivity index (χ0) is 15.1. The molecule has 0 spiro atoms. The summed E-state index contributed by atoms with van der Waals surface area (Å²) in [7, 11) is 0. The molecule has 0 bridgehead atoms. The Kier molecular flexibility index (Phi) is 5.96. The van der Waals surface area contributed by atoms with Gasteiger partial charge in [-0.1, -0.05) is 13.0 Å². The van der Waals surface area contributed by atoms with Crippen molar-refractivity contribution in [1.82, 2.24) is 0 Å². The number of nitro groups is 1. The van der Waals surface area contributed by atoms with Gasteiger partial charge in [0.05, 0.1) is 4.92 Å². The van der Waals surface area contributed by atoms with Crippen molar-refractivity contribution < 1.29 is 14.8 Å². The lowest BCUT2D eigenvalue weighted by molar-refractivity contribution is -0.384. The second-order valence-corrected chi connectivity index (χ2v) is 5.03. The van der Waals surface area contributed by atoms with Crippen LogP contribution in [0, 0.1) is 23.0 Å². The van der Waals surface area contributed by atoms with E-state index in [0.717, 1.165) is 12.0 Å². The molecule has 6 nitrogen and oxygen atoms in total. The Morgan fingerprint density at radius 2 is 2.15 bits per heavy atom. The number of carboxylic acid groups (broad SMARTS) is 1. The van der Waals surface area contributed by atoms with Crippen LogP contribution in [0.15, 0.2) is 18.2 Å². The van der Waals surface area contributed by atoms with Gasteiger partial charge in [-0.3, -0.25) is 14.9 Å². The van der Waals surface area contributed by atoms with Crippen molar-refractivity contribution in [3.63, 3.8) is 0 Å². The number of aryl methyl sites for hydroxylation is 1. The maximum atomic E-state index is 10.9. The molecule has 1 aromatic rings. The summed E-state index contributed by atoms with van der Waals surface area (Å²) in [5.41, 5.74) is 1.42. The van der Waals surface area contributed by atoms with E-state index in [1.807, 2.05) is 19.9 Å². The lowest BCUT2D eigenvalue weighted by atomic mass is 10.0. The molecule has 1 aromatic carbocycles. The molecular formula is C14H20N2O4. The Morgan fingerprint density at radius 1 is 1.45 bits per heavy atom. The van der Waals surface area contributed by atoms with Gasteiger partial charge in [-0.25, -0.2) is 0 Å². The molecule has 6 heteroatoms. The Labute approximate surface area is 118 Å². The van der Waals surface area contributed by atoms with Crippen LogP contribution in [0.25, 0.3) is 0 Å². The molecule has 0 aromatic heterocycles. The minimum absolute atomic E-state index is 0.0724. The molecule has 0 heterocycles. The summed E-state index contributed by atoms with van der Waals surface area (Å²) in [6.45, 7) is 4.38. The molecule has 2 N–H and O–H groups in total. The number of benzene rings is 1. The third-order valence-electron chi connectivity index (χ3n) is 3.15. The molecule has 20 heavy (non-hydrogen) atoms. The quantitative estimate of drug-likeness (QED) is 0.563. The number of rotatable bonds is 8. The number of nitrogens with zero attached hydrogens (tertiary/aromatic N) is 1. The van der Waals surface area contributed by atoms with E-state index < -0.39 is 10.9 Å². The second kappa shape index (κ2) is 7.47. The fraction of sp³-hybridized carbons (Fsp3) is 0.500. The average Bonchev–Trinajstić information content (AvgIpc) is 2.37. The Hall–Kier alpha value is -2.11. The second-order valence-electron chi connectivity index (χ2n) is 5.03. The third kappa shape index (κ3) is 5.26. The topological polar surface area (TPSA) is 92.5 Å². The van der Waals surface area contributed by atoms with Gasteiger partial charge in [-0.05, 0) is 37.3 Å². The number of carboxylic acids is 1. The van der Waals surface area contributed by atoms with Crippen LogP contribution in [0.5, 0.6) is 0 Å². The van der Waals surface area contributed by atoms with Gasteiger partial charge < -0.3 is 10.4 Å². The summed E-state index contributed by atoms with van der Waals surface area (Å²) in [5, 5.41) is 22.6. The van der Waals surface area contributed by atoms with Crippen molar-refractivity contribution in [1.29, 1.82) is 0 Å². The predicted molar refractivity (Wildman–Crippen MR) is 77.0 cm³/mol. The number of hydrogen-bond acceptors (Lipinski definition) is 4. The standard InChI is InChI=1S/C14H20N2O4/c1-10(4-6-14(17)18)7-8-15-12-5-3-11(2)9-13(12)16(19)20/h3,5,9-10,15H,4,6-8H2,1-2H3,(H,17,18). The molecule has 0 aliphatic heterocycles. The largest absolute Gasteiger partial charge is 0.481 e. The van der Waals surface area contributed by atoms with Gasteiger partial charge in [0.2, 0.25) is 0 Å². The van der Waals surface area contributed by atoms with Crippen molar-refractivity contribution in [2.45, 2.75) is 33.1 Å². The van der Waals surface area contributed by atoms with Crippen molar-refractivity contribution in [3.05, 3.63) is 33.9 Å². The minimum Gasteiger partial charge on any atom is -0.481 e. The highest BCUT2D eigenvalue weighted by molar-refractivity contribution is 5.66. The van der Waals surface area contributed by atoms with Crippen LogP contribution in [0.2, 0.25) is 0 Å². The molecule has 0 aliphatic carbocycles. The highest BCUT2D eigenvalue weighted by Gasteiger charge is 2.13. The molecule has 0 saturated carbocycles. The molecule has 110 valence electrons. The maximum absolute atomic E-state index is 10.9. The number of carbonyl (C=O) groups is 1. The maximum Gasteiger partial charge on any atom is 0.303 e. The summed E-state index contributed by atoms with van der Waals surface area (Å²) >= 11 is 0. The number of aliphatic carboxylic acids is 1. The highest BCUT2D eigenvalue weighted by Crippen LogP contribution is 2.25. The van der Waals surface area contributed by atoms with Gasteiger partial charge in [0.25, 0.3) is 5.69 Å². The van der Waals surface area contributed by atoms with Crippen LogP contribution in [0.4, 0.5) is 11.4 Å². The van der Waals surface area contributed by atoms with Crippen LogP contribution in [0.1, 0.15) is 31.7 Å². The first kappa shape index (κ1) is 15.9. The lowest BCUT2D eigenvalue weighted by Crippen LogP contribution is -2.09. The van der Waals surface area contributed by atoms with E-state index in [2.05, 4.69) is 5.32 Å². The molecule has 1 unspecified atom stereocenters. The Morgan fingerprint density at radius 3 is 2.75 bits per heavy atom. The number of nitrogens with one attached hydrogen (secondary N) is 1.